The quantitative estimate of drug-likeness (QED) is 0.798. The van der Waals surface area contributed by atoms with E-state index in [0.717, 1.165) is 24.8 Å². The SMILES string of the molecule is CNC(c1cc(Br)ccc1Br)c1c(Br)nnn1C. The van der Waals surface area contributed by atoms with Gasteiger partial charge in [-0.25, -0.2) is 4.68 Å². The standard InChI is InChI=1S/C11H11Br3N4/c1-15-9(10-11(14)16-17-18(10)2)7-5-6(12)3-4-8(7)13/h3-5,9,15H,1-2H3. The van der Waals surface area contributed by atoms with E-state index in [1.54, 1.807) is 4.68 Å². The van der Waals surface area contributed by atoms with Crippen LogP contribution in [0.5, 0.6) is 0 Å². The first-order valence-electron chi connectivity index (χ1n) is 5.22. The van der Waals surface area contributed by atoms with Gasteiger partial charge >= 0.3 is 0 Å². The van der Waals surface area contributed by atoms with Gasteiger partial charge in [-0.05, 0) is 46.7 Å². The normalized spacial score (nSPS) is 12.7. The molecule has 1 N–H and O–H groups in total. The molecule has 1 unspecified atom stereocenters. The molecule has 18 heavy (non-hydrogen) atoms. The van der Waals surface area contributed by atoms with E-state index in [-0.39, 0.29) is 6.04 Å². The van der Waals surface area contributed by atoms with Gasteiger partial charge in [-0.2, -0.15) is 0 Å². The summed E-state index contributed by atoms with van der Waals surface area (Å²) in [4.78, 5) is 0. The van der Waals surface area contributed by atoms with Crippen LogP contribution in [-0.2, 0) is 7.05 Å². The van der Waals surface area contributed by atoms with Crippen LogP contribution in [0.3, 0.4) is 0 Å². The van der Waals surface area contributed by atoms with E-state index in [1.807, 2.05) is 26.2 Å². The first-order chi connectivity index (χ1) is 8.54. The molecule has 0 radical (unpaired) electrons. The molecule has 1 atom stereocenters. The fourth-order valence-corrected chi connectivity index (χ4v) is 3.23. The number of hydrogen-bond donors (Lipinski definition) is 1. The number of aryl methyl sites for hydroxylation is 1. The predicted octanol–water partition coefficient (Wildman–Crippen LogP) is 3.41. The van der Waals surface area contributed by atoms with Crippen LogP contribution in [0.4, 0.5) is 0 Å². The van der Waals surface area contributed by atoms with E-state index in [0.29, 0.717) is 0 Å². The van der Waals surface area contributed by atoms with Gasteiger partial charge < -0.3 is 5.32 Å². The van der Waals surface area contributed by atoms with Crippen LogP contribution in [0.25, 0.3) is 0 Å². The first kappa shape index (κ1) is 14.2. The summed E-state index contributed by atoms with van der Waals surface area (Å²) in [6.07, 6.45) is 0. The van der Waals surface area contributed by atoms with Crippen molar-refractivity contribution >= 4 is 47.8 Å². The highest BCUT2D eigenvalue weighted by molar-refractivity contribution is 9.11. The van der Waals surface area contributed by atoms with Crippen molar-refractivity contribution in [3.63, 3.8) is 0 Å². The molecule has 0 aliphatic rings. The lowest BCUT2D eigenvalue weighted by Crippen LogP contribution is -2.21. The van der Waals surface area contributed by atoms with Crippen molar-refractivity contribution in [2.75, 3.05) is 7.05 Å². The zero-order valence-electron chi connectivity index (χ0n) is 9.78. The number of rotatable bonds is 3. The monoisotopic (exact) mass is 436 g/mol. The number of hydrogen-bond acceptors (Lipinski definition) is 3. The van der Waals surface area contributed by atoms with E-state index >= 15 is 0 Å². The number of halogens is 3. The van der Waals surface area contributed by atoms with E-state index < -0.39 is 0 Å². The summed E-state index contributed by atoms with van der Waals surface area (Å²) in [5, 5.41) is 11.3. The third kappa shape index (κ3) is 2.68. The minimum atomic E-state index is 0.00579. The van der Waals surface area contributed by atoms with Crippen molar-refractivity contribution in [2.24, 2.45) is 7.05 Å². The summed E-state index contributed by atoms with van der Waals surface area (Å²) in [6, 6.07) is 6.09. The number of nitrogens with zero attached hydrogens (tertiary/aromatic N) is 3. The lowest BCUT2D eigenvalue weighted by Gasteiger charge is -2.18. The van der Waals surface area contributed by atoms with Gasteiger partial charge in [0.05, 0.1) is 11.7 Å². The average Bonchev–Trinajstić information content (AvgIpc) is 2.66. The molecule has 7 heteroatoms. The lowest BCUT2D eigenvalue weighted by molar-refractivity contribution is 0.595. The van der Waals surface area contributed by atoms with Gasteiger partial charge in [0.1, 0.15) is 0 Å². The molecule has 2 rings (SSSR count). The second kappa shape index (κ2) is 5.81. The second-order valence-corrected chi connectivity index (χ2v) is 6.30. The molecule has 0 fully saturated rings. The van der Waals surface area contributed by atoms with Crippen molar-refractivity contribution in [2.45, 2.75) is 6.04 Å². The molecule has 0 aliphatic carbocycles. The smallest absolute Gasteiger partial charge is 0.153 e. The lowest BCUT2D eigenvalue weighted by atomic mass is 10.0. The number of nitrogens with one attached hydrogen (secondary N) is 1. The fourth-order valence-electron chi connectivity index (χ4n) is 1.82. The molecule has 0 spiro atoms. The van der Waals surface area contributed by atoms with Crippen LogP contribution in [-0.4, -0.2) is 22.0 Å². The molecule has 0 aliphatic heterocycles. The maximum atomic E-state index is 4.03. The zero-order valence-corrected chi connectivity index (χ0v) is 14.5. The molecule has 1 aromatic carbocycles. The molecular weight excluding hydrogens is 428 g/mol. The Morgan fingerprint density at radius 2 is 2.00 bits per heavy atom. The van der Waals surface area contributed by atoms with Gasteiger partial charge in [0.15, 0.2) is 4.60 Å². The molecule has 96 valence electrons. The number of aromatic nitrogens is 3. The summed E-state index contributed by atoms with van der Waals surface area (Å²) in [5.74, 6) is 0. The predicted molar refractivity (Wildman–Crippen MR) is 81.4 cm³/mol. The van der Waals surface area contributed by atoms with Crippen molar-refractivity contribution in [3.8, 4) is 0 Å². The number of benzene rings is 1. The topological polar surface area (TPSA) is 42.7 Å². The third-order valence-electron chi connectivity index (χ3n) is 2.66. The molecule has 0 saturated heterocycles. The molecular formula is C11H11Br3N4. The first-order valence-corrected chi connectivity index (χ1v) is 7.59. The molecule has 1 aromatic heterocycles. The Balaban J connectivity index is 2.55. The van der Waals surface area contributed by atoms with E-state index in [1.165, 1.54) is 0 Å². The summed E-state index contributed by atoms with van der Waals surface area (Å²) >= 11 is 10.5. The zero-order chi connectivity index (χ0) is 13.3. The van der Waals surface area contributed by atoms with Crippen molar-refractivity contribution in [3.05, 3.63) is 43.0 Å². The van der Waals surface area contributed by atoms with E-state index in [2.05, 4.69) is 69.5 Å². The molecule has 1 heterocycles. The maximum absolute atomic E-state index is 4.03. The van der Waals surface area contributed by atoms with Gasteiger partial charge in [0.25, 0.3) is 0 Å². The van der Waals surface area contributed by atoms with Crippen LogP contribution < -0.4 is 5.32 Å². The van der Waals surface area contributed by atoms with Gasteiger partial charge in [0, 0.05) is 16.0 Å². The van der Waals surface area contributed by atoms with Crippen LogP contribution in [0.1, 0.15) is 17.3 Å². The Hall–Kier alpha value is -0.240. The largest absolute Gasteiger partial charge is 0.308 e. The highest BCUT2D eigenvalue weighted by atomic mass is 79.9. The summed E-state index contributed by atoms with van der Waals surface area (Å²) in [5.41, 5.74) is 2.11. The van der Waals surface area contributed by atoms with E-state index in [9.17, 15) is 0 Å². The van der Waals surface area contributed by atoms with Gasteiger partial charge in [-0.1, -0.05) is 37.1 Å². The van der Waals surface area contributed by atoms with Crippen LogP contribution >= 0.6 is 47.8 Å². The van der Waals surface area contributed by atoms with Crippen molar-refractivity contribution in [1.29, 1.82) is 0 Å². The molecule has 2 aromatic rings. The summed E-state index contributed by atoms with van der Waals surface area (Å²) < 4.78 is 4.58. The van der Waals surface area contributed by atoms with Crippen LogP contribution in [0.2, 0.25) is 0 Å². The Labute approximate surface area is 131 Å². The summed E-state index contributed by atoms with van der Waals surface area (Å²) in [6.45, 7) is 0. The van der Waals surface area contributed by atoms with Crippen LogP contribution in [0, 0.1) is 0 Å². The van der Waals surface area contributed by atoms with Gasteiger partial charge in [0.2, 0.25) is 0 Å². The third-order valence-corrected chi connectivity index (χ3v) is 4.44. The van der Waals surface area contributed by atoms with E-state index in [4.69, 9.17) is 0 Å². The van der Waals surface area contributed by atoms with Crippen molar-refractivity contribution in [1.82, 2.24) is 20.3 Å². The fraction of sp³-hybridized carbons (Fsp3) is 0.273. The molecule has 0 saturated carbocycles. The highest BCUT2D eigenvalue weighted by Crippen LogP contribution is 2.32. The molecule has 0 bridgehead atoms. The highest BCUT2D eigenvalue weighted by Gasteiger charge is 2.22. The maximum Gasteiger partial charge on any atom is 0.153 e. The van der Waals surface area contributed by atoms with Gasteiger partial charge in [-0.15, -0.1) is 5.10 Å². The molecule has 0 amide bonds. The molecule has 4 nitrogen and oxygen atoms in total. The van der Waals surface area contributed by atoms with Crippen molar-refractivity contribution < 1.29 is 0 Å². The Morgan fingerprint density at radius 1 is 1.28 bits per heavy atom. The minimum Gasteiger partial charge on any atom is -0.308 e. The Bertz CT molecular complexity index is 548. The minimum absolute atomic E-state index is 0.00579. The van der Waals surface area contributed by atoms with Crippen LogP contribution in [0.15, 0.2) is 31.7 Å². The second-order valence-electron chi connectivity index (χ2n) is 3.78. The Morgan fingerprint density at radius 3 is 2.56 bits per heavy atom. The van der Waals surface area contributed by atoms with Gasteiger partial charge in [-0.3, -0.25) is 0 Å². The Kier molecular flexibility index (Phi) is 4.58. The summed E-state index contributed by atoms with van der Waals surface area (Å²) in [7, 11) is 3.79. The average molecular weight is 439 g/mol.